The van der Waals surface area contributed by atoms with Crippen LogP contribution in [0.15, 0.2) is 60.8 Å². The van der Waals surface area contributed by atoms with Gasteiger partial charge in [0.1, 0.15) is 18.1 Å². The van der Waals surface area contributed by atoms with Crippen LogP contribution in [0.3, 0.4) is 0 Å². The normalized spacial score (nSPS) is 14.0. The van der Waals surface area contributed by atoms with E-state index in [-0.39, 0.29) is 25.2 Å². The van der Waals surface area contributed by atoms with Gasteiger partial charge in [0, 0.05) is 36.4 Å². The molecule has 3 amide bonds. The van der Waals surface area contributed by atoms with Gasteiger partial charge in [-0.3, -0.25) is 19.2 Å². The van der Waals surface area contributed by atoms with Crippen LogP contribution in [0.25, 0.3) is 10.9 Å². The van der Waals surface area contributed by atoms with Crippen LogP contribution in [0.2, 0.25) is 0 Å². The summed E-state index contributed by atoms with van der Waals surface area (Å²) in [6.07, 6.45) is 1.37. The predicted molar refractivity (Wildman–Crippen MR) is 160 cm³/mol. The van der Waals surface area contributed by atoms with Gasteiger partial charge in [-0.15, -0.1) is 0 Å². The molecule has 0 saturated carbocycles. The van der Waals surface area contributed by atoms with Crippen molar-refractivity contribution in [1.29, 1.82) is 0 Å². The molecule has 1 heterocycles. The molecule has 2 aromatic carbocycles. The fourth-order valence-electron chi connectivity index (χ4n) is 4.75. The van der Waals surface area contributed by atoms with Gasteiger partial charge in [0.25, 0.3) is 0 Å². The minimum Gasteiger partial charge on any atom is -0.481 e. The van der Waals surface area contributed by atoms with Crippen molar-refractivity contribution < 1.29 is 34.2 Å². The standard InChI is InChI=1S/C31H39N5O7/c1-18(2)14-22(32)28(39)35-25(16-20-17-33-23-11-7-6-10-21(20)23)30(41)34-24(12-13-27(37)38)29(40)36-26(31(42)43)15-19-8-4-3-5-9-19/h3-11,17-18,22,24-26,33H,12-16,32H2,1-2H3,(H,34,41)(H,35,39)(H,36,40)(H,37,38)(H,42,43). The first-order valence-electron chi connectivity index (χ1n) is 14.1. The molecule has 0 spiro atoms. The molecule has 0 fully saturated rings. The molecule has 4 unspecified atom stereocenters. The molecule has 0 bridgehead atoms. The number of hydrogen-bond donors (Lipinski definition) is 7. The van der Waals surface area contributed by atoms with Crippen molar-refractivity contribution in [2.24, 2.45) is 11.7 Å². The summed E-state index contributed by atoms with van der Waals surface area (Å²) >= 11 is 0. The summed E-state index contributed by atoms with van der Waals surface area (Å²) < 4.78 is 0. The molecule has 0 aliphatic carbocycles. The Balaban J connectivity index is 1.83. The molecule has 3 aromatic rings. The van der Waals surface area contributed by atoms with Gasteiger partial charge >= 0.3 is 11.9 Å². The molecule has 0 saturated heterocycles. The molecule has 3 rings (SSSR count). The number of nitrogens with one attached hydrogen (secondary N) is 4. The number of rotatable bonds is 16. The van der Waals surface area contributed by atoms with E-state index in [1.54, 1.807) is 36.5 Å². The Labute approximate surface area is 249 Å². The van der Waals surface area contributed by atoms with Crippen molar-refractivity contribution in [2.75, 3.05) is 0 Å². The molecule has 43 heavy (non-hydrogen) atoms. The third-order valence-corrected chi connectivity index (χ3v) is 6.97. The summed E-state index contributed by atoms with van der Waals surface area (Å²) in [6, 6.07) is 11.4. The van der Waals surface area contributed by atoms with Crippen molar-refractivity contribution >= 4 is 40.6 Å². The van der Waals surface area contributed by atoms with Crippen LogP contribution in [-0.2, 0) is 36.8 Å². The Morgan fingerprint density at radius 2 is 1.40 bits per heavy atom. The average molecular weight is 594 g/mol. The number of aromatic amines is 1. The van der Waals surface area contributed by atoms with Gasteiger partial charge in [-0.25, -0.2) is 4.79 Å². The quantitative estimate of drug-likeness (QED) is 0.130. The fraction of sp³-hybridized carbons (Fsp3) is 0.387. The van der Waals surface area contributed by atoms with Gasteiger partial charge in [-0.1, -0.05) is 62.4 Å². The third kappa shape index (κ3) is 9.96. The van der Waals surface area contributed by atoms with Gasteiger partial charge in [0.2, 0.25) is 17.7 Å². The lowest BCUT2D eigenvalue weighted by Crippen LogP contribution is -2.58. The number of benzene rings is 2. The topological polar surface area (TPSA) is 204 Å². The van der Waals surface area contributed by atoms with Crippen molar-refractivity contribution in [1.82, 2.24) is 20.9 Å². The summed E-state index contributed by atoms with van der Waals surface area (Å²) in [5, 5.41) is 27.5. The van der Waals surface area contributed by atoms with Gasteiger partial charge in [-0.2, -0.15) is 0 Å². The molecule has 0 aliphatic heterocycles. The third-order valence-electron chi connectivity index (χ3n) is 6.97. The molecular weight excluding hydrogens is 554 g/mol. The maximum atomic E-state index is 13.6. The Hall–Kier alpha value is -4.71. The Morgan fingerprint density at radius 1 is 0.791 bits per heavy atom. The smallest absolute Gasteiger partial charge is 0.326 e. The first kappa shape index (κ1) is 32.8. The van der Waals surface area contributed by atoms with Gasteiger partial charge in [-0.05, 0) is 36.0 Å². The van der Waals surface area contributed by atoms with E-state index in [1.165, 1.54) is 0 Å². The van der Waals surface area contributed by atoms with Crippen molar-refractivity contribution in [3.8, 4) is 0 Å². The predicted octanol–water partition coefficient (Wildman–Crippen LogP) is 1.73. The molecule has 4 atom stereocenters. The number of nitrogens with two attached hydrogens (primary N) is 1. The zero-order chi connectivity index (χ0) is 31.5. The monoisotopic (exact) mass is 593 g/mol. The largest absolute Gasteiger partial charge is 0.481 e. The first-order valence-corrected chi connectivity index (χ1v) is 14.1. The number of carboxylic acid groups (broad SMARTS) is 2. The van der Waals surface area contributed by atoms with Crippen LogP contribution < -0.4 is 21.7 Å². The van der Waals surface area contributed by atoms with E-state index in [4.69, 9.17) is 5.73 Å². The second-order valence-electron chi connectivity index (χ2n) is 10.9. The number of para-hydroxylation sites is 1. The molecule has 12 nitrogen and oxygen atoms in total. The minimum absolute atomic E-state index is 0.0193. The van der Waals surface area contributed by atoms with E-state index in [0.717, 1.165) is 16.5 Å². The highest BCUT2D eigenvalue weighted by molar-refractivity contribution is 5.95. The first-order chi connectivity index (χ1) is 20.4. The van der Waals surface area contributed by atoms with E-state index >= 15 is 0 Å². The number of carbonyl (C=O) groups excluding carboxylic acids is 3. The van der Waals surface area contributed by atoms with Crippen LogP contribution >= 0.6 is 0 Å². The highest BCUT2D eigenvalue weighted by Gasteiger charge is 2.31. The lowest BCUT2D eigenvalue weighted by Gasteiger charge is -2.25. The Morgan fingerprint density at radius 3 is 2.05 bits per heavy atom. The zero-order valence-corrected chi connectivity index (χ0v) is 24.2. The van der Waals surface area contributed by atoms with Crippen molar-refractivity contribution in [3.05, 3.63) is 71.9 Å². The van der Waals surface area contributed by atoms with Crippen LogP contribution in [0.5, 0.6) is 0 Å². The average Bonchev–Trinajstić information content (AvgIpc) is 3.37. The zero-order valence-electron chi connectivity index (χ0n) is 24.2. The maximum Gasteiger partial charge on any atom is 0.326 e. The van der Waals surface area contributed by atoms with Gasteiger partial charge < -0.3 is 36.9 Å². The number of aromatic nitrogens is 1. The second kappa shape index (κ2) is 15.5. The number of aliphatic carboxylic acids is 2. The molecular formula is C31H39N5O7. The maximum absolute atomic E-state index is 13.6. The number of carboxylic acids is 2. The van der Waals surface area contributed by atoms with Crippen LogP contribution in [0, 0.1) is 5.92 Å². The summed E-state index contributed by atoms with van der Waals surface area (Å²) in [7, 11) is 0. The molecule has 12 heteroatoms. The number of amides is 3. The van der Waals surface area contributed by atoms with Crippen molar-refractivity contribution in [3.63, 3.8) is 0 Å². The van der Waals surface area contributed by atoms with E-state index in [1.807, 2.05) is 38.1 Å². The highest BCUT2D eigenvalue weighted by Crippen LogP contribution is 2.19. The van der Waals surface area contributed by atoms with E-state index in [2.05, 4.69) is 20.9 Å². The SMILES string of the molecule is CC(C)CC(N)C(=O)NC(Cc1c[nH]c2ccccc12)C(=O)NC(CCC(=O)O)C(=O)NC(Cc1ccccc1)C(=O)O. The fourth-order valence-corrected chi connectivity index (χ4v) is 4.75. The highest BCUT2D eigenvalue weighted by atomic mass is 16.4. The van der Waals surface area contributed by atoms with Crippen LogP contribution in [0.4, 0.5) is 0 Å². The van der Waals surface area contributed by atoms with E-state index < -0.39 is 60.2 Å². The molecule has 230 valence electrons. The minimum atomic E-state index is -1.38. The van der Waals surface area contributed by atoms with Crippen molar-refractivity contribution in [2.45, 2.75) is 70.1 Å². The summed E-state index contributed by atoms with van der Waals surface area (Å²) in [5.74, 6) is -4.50. The van der Waals surface area contributed by atoms with Crippen LogP contribution in [0.1, 0.15) is 44.2 Å². The van der Waals surface area contributed by atoms with Gasteiger partial charge in [0.15, 0.2) is 0 Å². The summed E-state index contributed by atoms with van der Waals surface area (Å²) in [4.78, 5) is 66.3. The Kier molecular flexibility index (Phi) is 11.8. The lowest BCUT2D eigenvalue weighted by molar-refractivity contribution is -0.143. The lowest BCUT2D eigenvalue weighted by atomic mass is 10.0. The summed E-state index contributed by atoms with van der Waals surface area (Å²) in [5.41, 5.74) is 8.30. The van der Waals surface area contributed by atoms with Gasteiger partial charge in [0.05, 0.1) is 6.04 Å². The molecule has 0 aliphatic rings. The number of hydrogen-bond acceptors (Lipinski definition) is 6. The number of H-pyrrole nitrogens is 1. The summed E-state index contributed by atoms with van der Waals surface area (Å²) in [6.45, 7) is 3.83. The molecule has 8 N–H and O–H groups in total. The number of fused-ring (bicyclic) bond motifs is 1. The van der Waals surface area contributed by atoms with E-state index in [9.17, 15) is 34.2 Å². The second-order valence-corrected chi connectivity index (χ2v) is 10.9. The van der Waals surface area contributed by atoms with E-state index in [0.29, 0.717) is 12.0 Å². The van der Waals surface area contributed by atoms with Crippen LogP contribution in [-0.4, -0.2) is 69.0 Å². The number of carbonyl (C=O) groups is 5. The molecule has 1 aromatic heterocycles. The Bertz CT molecular complexity index is 1420. The molecule has 0 radical (unpaired) electrons.